The lowest BCUT2D eigenvalue weighted by atomic mass is 10.2. The van der Waals surface area contributed by atoms with E-state index in [2.05, 4.69) is 18.5 Å². The summed E-state index contributed by atoms with van der Waals surface area (Å²) in [6, 6.07) is 1.38. The van der Waals surface area contributed by atoms with Gasteiger partial charge in [0.15, 0.2) is 0 Å². The van der Waals surface area contributed by atoms with Crippen LogP contribution < -0.4 is 20.8 Å². The van der Waals surface area contributed by atoms with Crippen LogP contribution in [0.1, 0.15) is 17.8 Å². The van der Waals surface area contributed by atoms with Gasteiger partial charge >= 0.3 is 6.03 Å². The molecule has 1 aromatic heterocycles. The lowest BCUT2D eigenvalue weighted by molar-refractivity contribution is 0.246. The number of allylic oxidation sites excluding steroid dienone is 1. The maximum absolute atomic E-state index is 10.7. The van der Waals surface area contributed by atoms with Crippen molar-refractivity contribution in [3.63, 3.8) is 0 Å². The van der Waals surface area contributed by atoms with E-state index in [1.54, 1.807) is 17.4 Å². The first-order valence-corrected chi connectivity index (χ1v) is 5.33. The number of nitrogens with one attached hydrogen (secondary N) is 1. The zero-order chi connectivity index (χ0) is 11.4. The molecular weight excluding hydrogens is 208 g/mol. The molecule has 0 aliphatic rings. The Balaban J connectivity index is 3.02. The molecule has 1 heterocycles. The fraction of sp³-hybridized carbons (Fsp3) is 0.182. The summed E-state index contributed by atoms with van der Waals surface area (Å²) in [7, 11) is 0. The molecule has 0 saturated carbocycles. The summed E-state index contributed by atoms with van der Waals surface area (Å²) in [4.78, 5) is 11.7. The average Bonchev–Trinajstić information content (AvgIpc) is 2.47. The number of urea groups is 1. The Bertz CT molecular complexity index is 475. The smallest absolute Gasteiger partial charge is 0.312 e. The van der Waals surface area contributed by atoms with Gasteiger partial charge in [-0.25, -0.2) is 4.79 Å². The lowest BCUT2D eigenvalue weighted by Gasteiger charge is -2.08. The van der Waals surface area contributed by atoms with Gasteiger partial charge in [-0.2, -0.15) is 0 Å². The molecule has 0 spiro atoms. The predicted molar refractivity (Wildman–Crippen MR) is 64.9 cm³/mol. The third kappa shape index (κ3) is 2.95. The van der Waals surface area contributed by atoms with Crippen molar-refractivity contribution in [2.75, 3.05) is 0 Å². The van der Waals surface area contributed by atoms with Crippen molar-refractivity contribution in [2.45, 2.75) is 13.0 Å². The molecule has 3 N–H and O–H groups in total. The van der Waals surface area contributed by atoms with E-state index >= 15 is 0 Å². The third-order valence-corrected chi connectivity index (χ3v) is 3.13. The van der Waals surface area contributed by atoms with Crippen molar-refractivity contribution in [3.8, 4) is 0 Å². The number of carbonyl (C=O) groups is 1. The SMILES string of the molecule is C=C/C=c1/cc(C(C)NC(N)=O)sc1=C. The number of hydrogen-bond acceptors (Lipinski definition) is 2. The zero-order valence-electron chi connectivity index (χ0n) is 8.62. The molecule has 1 atom stereocenters. The zero-order valence-corrected chi connectivity index (χ0v) is 9.43. The molecule has 1 rings (SSSR count). The van der Waals surface area contributed by atoms with Crippen LogP contribution in [0.3, 0.4) is 0 Å². The molecule has 0 bridgehead atoms. The minimum Gasteiger partial charge on any atom is -0.352 e. The molecule has 3 nitrogen and oxygen atoms in total. The molecule has 0 radical (unpaired) electrons. The van der Waals surface area contributed by atoms with Crippen LogP contribution in [0.2, 0.25) is 0 Å². The van der Waals surface area contributed by atoms with Crippen LogP contribution in [0.25, 0.3) is 12.7 Å². The van der Waals surface area contributed by atoms with Gasteiger partial charge in [0, 0.05) is 9.41 Å². The fourth-order valence-corrected chi connectivity index (χ4v) is 2.18. The summed E-state index contributed by atoms with van der Waals surface area (Å²) >= 11 is 1.54. The molecule has 0 aliphatic carbocycles. The largest absolute Gasteiger partial charge is 0.352 e. The molecule has 0 aliphatic heterocycles. The van der Waals surface area contributed by atoms with E-state index in [1.807, 2.05) is 19.1 Å². The van der Waals surface area contributed by atoms with Crippen LogP contribution in [0, 0.1) is 0 Å². The van der Waals surface area contributed by atoms with Gasteiger partial charge < -0.3 is 11.1 Å². The second-order valence-electron chi connectivity index (χ2n) is 3.16. The van der Waals surface area contributed by atoms with E-state index < -0.39 is 6.03 Å². The fourth-order valence-electron chi connectivity index (χ4n) is 1.23. The topological polar surface area (TPSA) is 55.1 Å². The van der Waals surface area contributed by atoms with Gasteiger partial charge in [0.2, 0.25) is 0 Å². The van der Waals surface area contributed by atoms with Gasteiger partial charge in [0.05, 0.1) is 6.04 Å². The lowest BCUT2D eigenvalue weighted by Crippen LogP contribution is -2.31. The first-order valence-electron chi connectivity index (χ1n) is 4.52. The van der Waals surface area contributed by atoms with Crippen LogP contribution in [-0.2, 0) is 0 Å². The number of primary amides is 1. The predicted octanol–water partition coefficient (Wildman–Crippen LogP) is 0.854. The van der Waals surface area contributed by atoms with E-state index in [1.165, 1.54) is 0 Å². The summed E-state index contributed by atoms with van der Waals surface area (Å²) in [5, 5.41) is 3.65. The highest BCUT2D eigenvalue weighted by molar-refractivity contribution is 7.09. The molecule has 80 valence electrons. The Hall–Kier alpha value is -1.55. The van der Waals surface area contributed by atoms with E-state index in [0.29, 0.717) is 0 Å². The van der Waals surface area contributed by atoms with Gasteiger partial charge in [-0.15, -0.1) is 11.3 Å². The minimum absolute atomic E-state index is 0.0834. The summed E-state index contributed by atoms with van der Waals surface area (Å²) < 4.78 is 0.961. The Morgan fingerprint density at radius 1 is 1.73 bits per heavy atom. The summed E-state index contributed by atoms with van der Waals surface area (Å²) in [5.41, 5.74) is 5.05. The van der Waals surface area contributed by atoms with E-state index in [4.69, 9.17) is 5.73 Å². The van der Waals surface area contributed by atoms with Crippen LogP contribution in [0.5, 0.6) is 0 Å². The molecule has 0 saturated heterocycles. The van der Waals surface area contributed by atoms with E-state index in [0.717, 1.165) is 14.6 Å². The first-order chi connectivity index (χ1) is 7.04. The highest BCUT2D eigenvalue weighted by Crippen LogP contribution is 2.12. The summed E-state index contributed by atoms with van der Waals surface area (Å²) in [6.07, 6.45) is 3.60. The van der Waals surface area contributed by atoms with Crippen molar-refractivity contribution in [2.24, 2.45) is 5.73 Å². The van der Waals surface area contributed by atoms with Crippen LogP contribution in [-0.4, -0.2) is 6.03 Å². The summed E-state index contributed by atoms with van der Waals surface area (Å²) in [6.45, 7) is 9.43. The second-order valence-corrected chi connectivity index (χ2v) is 4.33. The standard InChI is InChI=1S/C11H14N2OS/c1-4-5-9-6-10(15-8(9)3)7(2)13-11(12)14/h4-7H,1,3H2,2H3,(H3,12,13,14)/b9-5-. The number of thiophene rings is 1. The van der Waals surface area contributed by atoms with Gasteiger partial charge in [-0.05, 0) is 18.2 Å². The van der Waals surface area contributed by atoms with E-state index in [-0.39, 0.29) is 6.04 Å². The Kier molecular flexibility index (Phi) is 3.68. The first kappa shape index (κ1) is 11.5. The second kappa shape index (κ2) is 4.79. The molecule has 0 fully saturated rings. The van der Waals surface area contributed by atoms with Crippen LogP contribution in [0.15, 0.2) is 18.7 Å². The van der Waals surface area contributed by atoms with Crippen LogP contribution >= 0.6 is 11.3 Å². The molecule has 15 heavy (non-hydrogen) atoms. The summed E-state index contributed by atoms with van der Waals surface area (Å²) in [5.74, 6) is 0. The Morgan fingerprint density at radius 3 is 2.93 bits per heavy atom. The van der Waals surface area contributed by atoms with Crippen molar-refractivity contribution in [3.05, 3.63) is 33.3 Å². The number of hydrogen-bond donors (Lipinski definition) is 2. The van der Waals surface area contributed by atoms with Gasteiger partial charge in [-0.3, -0.25) is 0 Å². The van der Waals surface area contributed by atoms with Gasteiger partial charge in [0.25, 0.3) is 0 Å². The quantitative estimate of drug-likeness (QED) is 0.783. The highest BCUT2D eigenvalue weighted by Gasteiger charge is 2.08. The molecule has 2 amide bonds. The minimum atomic E-state index is -0.518. The average molecular weight is 222 g/mol. The molecule has 1 aromatic rings. The maximum atomic E-state index is 10.7. The number of carbonyl (C=O) groups excluding carboxylic acids is 1. The number of nitrogens with two attached hydrogens (primary N) is 1. The normalized spacial score (nSPS) is 13.5. The number of amides is 2. The van der Waals surface area contributed by atoms with E-state index in [9.17, 15) is 4.79 Å². The maximum Gasteiger partial charge on any atom is 0.312 e. The van der Waals surface area contributed by atoms with Gasteiger partial charge in [-0.1, -0.05) is 25.3 Å². The Labute approximate surface area is 92.6 Å². The highest BCUT2D eigenvalue weighted by atomic mass is 32.1. The van der Waals surface area contributed by atoms with Crippen molar-refractivity contribution in [1.29, 1.82) is 0 Å². The third-order valence-electron chi connectivity index (χ3n) is 1.94. The molecule has 1 unspecified atom stereocenters. The molecule has 0 aromatic carbocycles. The van der Waals surface area contributed by atoms with Gasteiger partial charge in [0.1, 0.15) is 0 Å². The van der Waals surface area contributed by atoms with Crippen LogP contribution in [0.4, 0.5) is 4.79 Å². The molecular formula is C11H14N2OS. The molecule has 4 heteroatoms. The van der Waals surface area contributed by atoms with Crippen molar-refractivity contribution in [1.82, 2.24) is 5.32 Å². The number of rotatable bonds is 3. The van der Waals surface area contributed by atoms with Crippen molar-refractivity contribution < 1.29 is 4.79 Å². The Morgan fingerprint density at radius 2 is 2.40 bits per heavy atom. The van der Waals surface area contributed by atoms with Crippen molar-refractivity contribution >= 4 is 30.0 Å². The monoisotopic (exact) mass is 222 g/mol.